The average Bonchev–Trinajstić information content (AvgIpc) is 3.27. The minimum absolute atomic E-state index is 0. The fraction of sp³-hybridized carbons (Fsp3) is 0.412. The number of nitrogens with one attached hydrogen (secondary N) is 2. The molecule has 0 radical (unpaired) electrons. The second kappa shape index (κ2) is 9.22. The van der Waals surface area contributed by atoms with Crippen LogP contribution in [0, 0.1) is 5.92 Å². The van der Waals surface area contributed by atoms with E-state index in [-0.39, 0.29) is 24.0 Å². The molecular formula is C17H23IN4S. The smallest absolute Gasteiger partial charge is 0.191 e. The van der Waals surface area contributed by atoms with Crippen molar-refractivity contribution >= 4 is 41.3 Å². The van der Waals surface area contributed by atoms with Gasteiger partial charge in [-0.2, -0.15) is 0 Å². The number of aliphatic imine (C=N–C) groups is 1. The summed E-state index contributed by atoms with van der Waals surface area (Å²) in [6.07, 6.45) is 2.69. The number of guanidine groups is 1. The van der Waals surface area contributed by atoms with Gasteiger partial charge >= 0.3 is 0 Å². The summed E-state index contributed by atoms with van der Waals surface area (Å²) in [5, 5.41) is 9.85. The van der Waals surface area contributed by atoms with E-state index in [0.29, 0.717) is 6.54 Å². The molecule has 124 valence electrons. The van der Waals surface area contributed by atoms with Crippen molar-refractivity contribution in [1.29, 1.82) is 0 Å². The summed E-state index contributed by atoms with van der Waals surface area (Å²) < 4.78 is 0. The lowest BCUT2D eigenvalue weighted by molar-refractivity contribution is 0.738. The highest BCUT2D eigenvalue weighted by molar-refractivity contribution is 14.0. The molecule has 0 amide bonds. The third kappa shape index (κ3) is 5.76. The van der Waals surface area contributed by atoms with Crippen molar-refractivity contribution in [2.24, 2.45) is 10.9 Å². The largest absolute Gasteiger partial charge is 0.357 e. The first kappa shape index (κ1) is 18.2. The predicted molar refractivity (Wildman–Crippen MR) is 109 cm³/mol. The van der Waals surface area contributed by atoms with Crippen molar-refractivity contribution in [3.63, 3.8) is 0 Å². The number of benzene rings is 1. The molecule has 0 aliphatic heterocycles. The monoisotopic (exact) mass is 442 g/mol. The van der Waals surface area contributed by atoms with Crippen LogP contribution >= 0.6 is 35.3 Å². The maximum absolute atomic E-state index is 4.68. The zero-order chi connectivity index (χ0) is 15.2. The van der Waals surface area contributed by atoms with E-state index in [4.69, 9.17) is 0 Å². The number of hydrogen-bond acceptors (Lipinski definition) is 3. The van der Waals surface area contributed by atoms with Crippen LogP contribution in [0.5, 0.6) is 0 Å². The maximum atomic E-state index is 4.68. The van der Waals surface area contributed by atoms with Gasteiger partial charge in [0.1, 0.15) is 5.01 Å². The summed E-state index contributed by atoms with van der Waals surface area (Å²) in [5.74, 6) is 1.73. The maximum Gasteiger partial charge on any atom is 0.191 e. The molecule has 4 nitrogen and oxygen atoms in total. The fourth-order valence-corrected chi connectivity index (χ4v) is 2.97. The van der Waals surface area contributed by atoms with Crippen molar-refractivity contribution in [2.45, 2.75) is 26.3 Å². The Hall–Kier alpha value is -1.15. The molecule has 2 N–H and O–H groups in total. The standard InChI is InChI=1S/C17H22N4S.HI/c1-2-18-17(19-10-13-8-9-13)20-11-15-12-22-16(21-15)14-6-4-3-5-7-14;/h3-7,12-13H,2,8-11H2,1H3,(H2,18,19,20);1H. The van der Waals surface area contributed by atoms with Crippen LogP contribution in [0.2, 0.25) is 0 Å². The van der Waals surface area contributed by atoms with Crippen LogP contribution in [0.3, 0.4) is 0 Å². The molecule has 6 heteroatoms. The third-order valence-corrected chi connectivity index (χ3v) is 4.51. The van der Waals surface area contributed by atoms with Gasteiger partial charge in [0.25, 0.3) is 0 Å². The zero-order valence-electron chi connectivity index (χ0n) is 13.3. The molecule has 1 heterocycles. The Balaban J connectivity index is 0.00000192. The number of rotatable bonds is 6. The predicted octanol–water partition coefficient (Wildman–Crippen LogP) is 3.89. The van der Waals surface area contributed by atoms with Crippen molar-refractivity contribution in [1.82, 2.24) is 15.6 Å². The topological polar surface area (TPSA) is 49.3 Å². The van der Waals surface area contributed by atoms with Crippen molar-refractivity contribution in [3.05, 3.63) is 41.4 Å². The summed E-state index contributed by atoms with van der Waals surface area (Å²) in [7, 11) is 0. The van der Waals surface area contributed by atoms with Gasteiger partial charge in [0.05, 0.1) is 12.2 Å². The minimum atomic E-state index is 0. The SMILES string of the molecule is CCNC(=NCc1csc(-c2ccccc2)n1)NCC1CC1.I. The van der Waals surface area contributed by atoms with Gasteiger partial charge in [0, 0.05) is 24.0 Å². The van der Waals surface area contributed by atoms with Crippen LogP contribution in [0.1, 0.15) is 25.5 Å². The van der Waals surface area contributed by atoms with Crippen molar-refractivity contribution in [2.75, 3.05) is 13.1 Å². The van der Waals surface area contributed by atoms with Crippen LogP contribution < -0.4 is 10.6 Å². The Bertz CT molecular complexity index is 623. The molecule has 1 saturated carbocycles. The summed E-state index contributed by atoms with van der Waals surface area (Å²) in [5.41, 5.74) is 2.19. The van der Waals surface area contributed by atoms with E-state index in [0.717, 1.165) is 35.7 Å². The lowest BCUT2D eigenvalue weighted by Crippen LogP contribution is -2.38. The van der Waals surface area contributed by atoms with E-state index in [1.54, 1.807) is 11.3 Å². The molecule has 0 atom stereocenters. The van der Waals surface area contributed by atoms with Crippen LogP contribution in [0.25, 0.3) is 10.6 Å². The molecular weight excluding hydrogens is 419 g/mol. The van der Waals surface area contributed by atoms with Gasteiger partial charge < -0.3 is 10.6 Å². The molecule has 0 unspecified atom stereocenters. The van der Waals surface area contributed by atoms with E-state index in [1.807, 2.05) is 18.2 Å². The highest BCUT2D eigenvalue weighted by atomic mass is 127. The number of nitrogens with zero attached hydrogens (tertiary/aromatic N) is 2. The van der Waals surface area contributed by atoms with Gasteiger partial charge in [-0.15, -0.1) is 35.3 Å². The lowest BCUT2D eigenvalue weighted by atomic mass is 10.2. The second-order valence-corrected chi connectivity index (χ2v) is 6.39. The number of halogens is 1. The summed E-state index contributed by atoms with van der Waals surface area (Å²) in [6.45, 7) is 4.61. The lowest BCUT2D eigenvalue weighted by Gasteiger charge is -2.10. The third-order valence-electron chi connectivity index (χ3n) is 3.57. The molecule has 0 saturated heterocycles. The van der Waals surface area contributed by atoms with E-state index in [9.17, 15) is 0 Å². The average molecular weight is 442 g/mol. The fourth-order valence-electron chi connectivity index (χ4n) is 2.16. The Morgan fingerprint density at radius 3 is 2.74 bits per heavy atom. The molecule has 2 aromatic rings. The van der Waals surface area contributed by atoms with Gasteiger partial charge in [-0.25, -0.2) is 9.98 Å². The number of hydrogen-bond donors (Lipinski definition) is 2. The Morgan fingerprint density at radius 2 is 2.04 bits per heavy atom. The Morgan fingerprint density at radius 1 is 1.26 bits per heavy atom. The number of aromatic nitrogens is 1. The van der Waals surface area contributed by atoms with E-state index >= 15 is 0 Å². The molecule has 23 heavy (non-hydrogen) atoms. The van der Waals surface area contributed by atoms with Crippen LogP contribution in [-0.4, -0.2) is 24.0 Å². The Kier molecular flexibility index (Phi) is 7.29. The molecule has 1 aromatic heterocycles. The minimum Gasteiger partial charge on any atom is -0.357 e. The van der Waals surface area contributed by atoms with Gasteiger partial charge in [0.2, 0.25) is 0 Å². The van der Waals surface area contributed by atoms with Crippen LogP contribution in [-0.2, 0) is 6.54 Å². The van der Waals surface area contributed by atoms with Crippen LogP contribution in [0.4, 0.5) is 0 Å². The zero-order valence-corrected chi connectivity index (χ0v) is 16.4. The molecule has 3 rings (SSSR count). The van der Waals surface area contributed by atoms with Crippen molar-refractivity contribution < 1.29 is 0 Å². The summed E-state index contributed by atoms with van der Waals surface area (Å²) in [6, 6.07) is 10.3. The van der Waals surface area contributed by atoms with Gasteiger partial charge in [-0.3, -0.25) is 0 Å². The normalized spacial score (nSPS) is 14.2. The first-order chi connectivity index (χ1) is 10.8. The Labute approximate surface area is 158 Å². The first-order valence-corrected chi connectivity index (χ1v) is 8.75. The molecule has 0 spiro atoms. The molecule has 0 bridgehead atoms. The van der Waals surface area contributed by atoms with Gasteiger partial charge in [-0.05, 0) is 25.7 Å². The molecule has 1 fully saturated rings. The summed E-state index contributed by atoms with van der Waals surface area (Å²) >= 11 is 1.67. The highest BCUT2D eigenvalue weighted by Crippen LogP contribution is 2.27. The van der Waals surface area contributed by atoms with E-state index in [1.165, 1.54) is 18.4 Å². The second-order valence-electron chi connectivity index (χ2n) is 5.53. The van der Waals surface area contributed by atoms with Crippen molar-refractivity contribution in [3.8, 4) is 10.6 Å². The quantitative estimate of drug-likeness (QED) is 0.406. The highest BCUT2D eigenvalue weighted by Gasteiger charge is 2.21. The van der Waals surface area contributed by atoms with E-state index in [2.05, 4.69) is 45.0 Å². The van der Waals surface area contributed by atoms with Gasteiger partial charge in [0.15, 0.2) is 5.96 Å². The molecule has 1 aliphatic rings. The first-order valence-electron chi connectivity index (χ1n) is 7.87. The molecule has 1 aromatic carbocycles. The van der Waals surface area contributed by atoms with E-state index < -0.39 is 0 Å². The van der Waals surface area contributed by atoms with Gasteiger partial charge in [-0.1, -0.05) is 30.3 Å². The summed E-state index contributed by atoms with van der Waals surface area (Å²) in [4.78, 5) is 9.31. The molecule has 1 aliphatic carbocycles. The number of thiazole rings is 1. The van der Waals surface area contributed by atoms with Crippen LogP contribution in [0.15, 0.2) is 40.7 Å².